The van der Waals surface area contributed by atoms with Crippen LogP contribution in [-0.2, 0) is 11.2 Å². The fourth-order valence-electron chi connectivity index (χ4n) is 2.48. The van der Waals surface area contributed by atoms with Crippen LogP contribution in [0.2, 0.25) is 0 Å². The molecule has 0 unspecified atom stereocenters. The van der Waals surface area contributed by atoms with Crippen LogP contribution >= 0.6 is 0 Å². The van der Waals surface area contributed by atoms with Crippen LogP contribution < -0.4 is 5.32 Å². The summed E-state index contributed by atoms with van der Waals surface area (Å²) in [5.74, 6) is 5.61. The number of aryl methyl sites for hydroxylation is 2. The van der Waals surface area contributed by atoms with Gasteiger partial charge in [0.1, 0.15) is 5.69 Å². The molecule has 25 heavy (non-hydrogen) atoms. The van der Waals surface area contributed by atoms with Crippen LogP contribution in [-0.4, -0.2) is 21.0 Å². The van der Waals surface area contributed by atoms with E-state index in [1.165, 1.54) is 5.56 Å². The lowest BCUT2D eigenvalue weighted by molar-refractivity contribution is -0.137. The van der Waals surface area contributed by atoms with Crippen LogP contribution in [0.4, 0.5) is 11.6 Å². The van der Waals surface area contributed by atoms with Gasteiger partial charge in [0.05, 0.1) is 0 Å². The minimum absolute atomic E-state index is 0.254. The number of unbranched alkanes of at least 4 members (excludes halogenated alkanes) is 2. The van der Waals surface area contributed by atoms with Gasteiger partial charge in [-0.3, -0.25) is 4.79 Å². The first kappa shape index (κ1) is 18.5. The molecule has 0 bridgehead atoms. The smallest absolute Gasteiger partial charge is 0.303 e. The third kappa shape index (κ3) is 6.64. The van der Waals surface area contributed by atoms with Crippen LogP contribution in [0.5, 0.6) is 0 Å². The summed E-state index contributed by atoms with van der Waals surface area (Å²) in [7, 11) is 0. The molecule has 0 aliphatic heterocycles. The fourth-order valence-corrected chi connectivity index (χ4v) is 2.48. The summed E-state index contributed by atoms with van der Waals surface area (Å²) in [4.78, 5) is 19.2. The first-order chi connectivity index (χ1) is 12.1. The van der Waals surface area contributed by atoms with Gasteiger partial charge in [0.15, 0.2) is 0 Å². The summed E-state index contributed by atoms with van der Waals surface area (Å²) in [6.45, 7) is 3.70. The molecular formula is C20H23N3O2. The van der Waals surface area contributed by atoms with E-state index in [4.69, 9.17) is 5.11 Å². The van der Waals surface area contributed by atoms with E-state index in [1.807, 2.05) is 25.1 Å². The van der Waals surface area contributed by atoms with E-state index in [9.17, 15) is 4.79 Å². The average Bonchev–Trinajstić information content (AvgIpc) is 2.55. The zero-order chi connectivity index (χ0) is 18.1. The van der Waals surface area contributed by atoms with Gasteiger partial charge in [-0.2, -0.15) is 0 Å². The maximum atomic E-state index is 10.5. The van der Waals surface area contributed by atoms with Crippen molar-refractivity contribution < 1.29 is 9.90 Å². The lowest BCUT2D eigenvalue weighted by atomic mass is 10.1. The van der Waals surface area contributed by atoms with Gasteiger partial charge in [0.2, 0.25) is 5.95 Å². The van der Waals surface area contributed by atoms with Gasteiger partial charge >= 0.3 is 5.97 Å². The Kier molecular flexibility index (Phi) is 6.97. The Morgan fingerprint density at radius 1 is 1.16 bits per heavy atom. The molecule has 130 valence electrons. The van der Waals surface area contributed by atoms with Gasteiger partial charge in [0, 0.05) is 17.8 Å². The summed E-state index contributed by atoms with van der Waals surface area (Å²) in [5, 5.41) is 11.8. The molecule has 0 atom stereocenters. The Morgan fingerprint density at radius 3 is 2.60 bits per heavy atom. The normalized spacial score (nSPS) is 10.0. The Balaban J connectivity index is 1.89. The van der Waals surface area contributed by atoms with Gasteiger partial charge in [-0.1, -0.05) is 24.5 Å². The highest BCUT2D eigenvalue weighted by atomic mass is 16.4. The molecule has 1 heterocycles. The number of carboxylic acid groups (broad SMARTS) is 1. The molecule has 0 spiro atoms. The van der Waals surface area contributed by atoms with Crippen molar-refractivity contribution in [1.29, 1.82) is 0 Å². The van der Waals surface area contributed by atoms with E-state index in [0.717, 1.165) is 37.1 Å². The standard InChI is InChI=1S/C20H23N3O2/c1-3-7-18-14-15(2)21-20(23-18)22-17-12-10-16(11-13-17)8-5-4-6-9-19(24)25/h10-14H,4-6,8-9H2,1-2H3,(H,24,25)(H,21,22,23). The molecule has 0 aliphatic rings. The number of nitrogens with zero attached hydrogens (tertiary/aromatic N) is 2. The van der Waals surface area contributed by atoms with E-state index in [0.29, 0.717) is 11.6 Å². The number of aromatic nitrogens is 2. The van der Waals surface area contributed by atoms with Crippen LogP contribution in [0.3, 0.4) is 0 Å². The molecule has 2 N–H and O–H groups in total. The van der Waals surface area contributed by atoms with Crippen molar-refractivity contribution in [1.82, 2.24) is 9.97 Å². The molecule has 1 aromatic carbocycles. The number of hydrogen-bond donors (Lipinski definition) is 2. The second kappa shape index (κ2) is 9.43. The van der Waals surface area contributed by atoms with E-state index >= 15 is 0 Å². The van der Waals surface area contributed by atoms with Crippen molar-refractivity contribution in [3.8, 4) is 11.8 Å². The summed E-state index contributed by atoms with van der Waals surface area (Å²) in [5.41, 5.74) is 3.74. The molecule has 0 radical (unpaired) electrons. The van der Waals surface area contributed by atoms with Crippen LogP contribution in [0, 0.1) is 18.8 Å². The first-order valence-electron chi connectivity index (χ1n) is 8.43. The third-order valence-electron chi connectivity index (χ3n) is 3.67. The molecule has 0 saturated carbocycles. The van der Waals surface area contributed by atoms with Gasteiger partial charge in [-0.15, -0.1) is 0 Å². The molecule has 1 aromatic heterocycles. The van der Waals surface area contributed by atoms with Gasteiger partial charge in [-0.05, 0) is 62.8 Å². The van der Waals surface area contributed by atoms with E-state index in [-0.39, 0.29) is 6.42 Å². The molecule has 5 heteroatoms. The lowest BCUT2D eigenvalue weighted by Crippen LogP contribution is -2.00. The summed E-state index contributed by atoms with van der Waals surface area (Å²) in [6, 6.07) is 10.0. The van der Waals surface area contributed by atoms with Crippen molar-refractivity contribution in [2.24, 2.45) is 0 Å². The molecule has 0 fully saturated rings. The Hall–Kier alpha value is -2.87. The number of carboxylic acids is 1. The highest BCUT2D eigenvalue weighted by Crippen LogP contribution is 2.16. The van der Waals surface area contributed by atoms with Gasteiger partial charge in [0.25, 0.3) is 0 Å². The minimum atomic E-state index is -0.720. The van der Waals surface area contributed by atoms with Gasteiger partial charge < -0.3 is 10.4 Å². The number of aliphatic carboxylic acids is 1. The highest BCUT2D eigenvalue weighted by molar-refractivity contribution is 5.66. The minimum Gasteiger partial charge on any atom is -0.481 e. The lowest BCUT2D eigenvalue weighted by Gasteiger charge is -2.07. The molecule has 0 amide bonds. The zero-order valence-corrected chi connectivity index (χ0v) is 14.7. The molecule has 2 aromatic rings. The highest BCUT2D eigenvalue weighted by Gasteiger charge is 2.02. The van der Waals surface area contributed by atoms with Crippen molar-refractivity contribution in [2.75, 3.05) is 5.32 Å². The zero-order valence-electron chi connectivity index (χ0n) is 14.7. The van der Waals surface area contributed by atoms with Crippen LogP contribution in [0.15, 0.2) is 30.3 Å². The largest absolute Gasteiger partial charge is 0.481 e. The molecule has 0 aliphatic carbocycles. The monoisotopic (exact) mass is 337 g/mol. The van der Waals surface area contributed by atoms with E-state index < -0.39 is 5.97 Å². The molecule has 5 nitrogen and oxygen atoms in total. The van der Waals surface area contributed by atoms with Crippen LogP contribution in [0.25, 0.3) is 0 Å². The molecule has 2 rings (SSSR count). The fraction of sp³-hybridized carbons (Fsp3) is 0.350. The number of anilines is 2. The molecule has 0 saturated heterocycles. The maximum Gasteiger partial charge on any atom is 0.303 e. The number of hydrogen-bond acceptors (Lipinski definition) is 4. The Morgan fingerprint density at radius 2 is 1.92 bits per heavy atom. The van der Waals surface area contributed by atoms with Gasteiger partial charge in [-0.25, -0.2) is 9.97 Å². The first-order valence-corrected chi connectivity index (χ1v) is 8.43. The third-order valence-corrected chi connectivity index (χ3v) is 3.67. The predicted octanol–water partition coefficient (Wildman–Crippen LogP) is 4.09. The maximum absolute atomic E-state index is 10.5. The SMILES string of the molecule is CC#Cc1cc(C)nc(Nc2ccc(CCCCCC(=O)O)cc2)n1. The van der Waals surface area contributed by atoms with Crippen molar-refractivity contribution in [2.45, 2.75) is 46.0 Å². The number of benzene rings is 1. The molecular weight excluding hydrogens is 314 g/mol. The van der Waals surface area contributed by atoms with Crippen molar-refractivity contribution >= 4 is 17.6 Å². The average molecular weight is 337 g/mol. The Bertz CT molecular complexity index is 774. The topological polar surface area (TPSA) is 75.1 Å². The van der Waals surface area contributed by atoms with Crippen LogP contribution in [0.1, 0.15) is 49.6 Å². The second-order valence-corrected chi connectivity index (χ2v) is 5.87. The van der Waals surface area contributed by atoms with Crippen molar-refractivity contribution in [3.05, 3.63) is 47.3 Å². The van der Waals surface area contributed by atoms with E-state index in [1.54, 1.807) is 6.92 Å². The quantitative estimate of drug-likeness (QED) is 0.560. The number of rotatable bonds is 8. The second-order valence-electron chi connectivity index (χ2n) is 5.87. The van der Waals surface area contributed by atoms with Crippen molar-refractivity contribution in [3.63, 3.8) is 0 Å². The predicted molar refractivity (Wildman–Crippen MR) is 98.9 cm³/mol. The Labute approximate surface area is 148 Å². The van der Waals surface area contributed by atoms with E-state index in [2.05, 4.69) is 39.3 Å². The summed E-state index contributed by atoms with van der Waals surface area (Å²) in [6.07, 6.45) is 3.88. The summed E-state index contributed by atoms with van der Waals surface area (Å²) < 4.78 is 0. The number of carbonyl (C=O) groups is 1. The number of nitrogens with one attached hydrogen (secondary N) is 1. The summed E-state index contributed by atoms with van der Waals surface area (Å²) >= 11 is 0.